The van der Waals surface area contributed by atoms with E-state index in [2.05, 4.69) is 0 Å². The average Bonchev–Trinajstić information content (AvgIpc) is 2.27. The number of hydrogen-bond acceptors (Lipinski definition) is 5. The summed E-state index contributed by atoms with van der Waals surface area (Å²) >= 11 is 0. The van der Waals surface area contributed by atoms with Gasteiger partial charge in [0.05, 0.1) is 21.7 Å². The second kappa shape index (κ2) is 5.27. The van der Waals surface area contributed by atoms with Crippen LogP contribution in [0.15, 0.2) is 29.2 Å². The van der Waals surface area contributed by atoms with Crippen molar-refractivity contribution < 1.29 is 16.8 Å². The Morgan fingerprint density at radius 2 is 1.50 bits per heavy atom. The molecule has 1 aromatic rings. The van der Waals surface area contributed by atoms with Gasteiger partial charge in [-0.15, -0.1) is 0 Å². The molecule has 0 saturated heterocycles. The zero-order valence-corrected chi connectivity index (χ0v) is 12.0. The molecule has 1 rings (SSSR count). The van der Waals surface area contributed by atoms with Gasteiger partial charge in [0, 0.05) is 5.69 Å². The summed E-state index contributed by atoms with van der Waals surface area (Å²) in [5.74, 6) is -0.769. The highest BCUT2D eigenvalue weighted by atomic mass is 32.2. The Morgan fingerprint density at radius 1 is 1.00 bits per heavy atom. The summed E-state index contributed by atoms with van der Waals surface area (Å²) in [6, 6.07) is 5.72. The number of nitrogen functional groups attached to an aromatic ring is 1. The van der Waals surface area contributed by atoms with Crippen LogP contribution in [0.5, 0.6) is 0 Å². The van der Waals surface area contributed by atoms with Gasteiger partial charge >= 0.3 is 0 Å². The number of nitrogens with two attached hydrogens (primary N) is 1. The van der Waals surface area contributed by atoms with Crippen LogP contribution in [-0.4, -0.2) is 33.6 Å². The largest absolute Gasteiger partial charge is 0.399 e. The summed E-state index contributed by atoms with van der Waals surface area (Å²) in [6.45, 7) is 3.07. The summed E-state index contributed by atoms with van der Waals surface area (Å²) in [7, 11) is -6.93. The summed E-state index contributed by atoms with van der Waals surface area (Å²) in [6.07, 6.45) is 0. The lowest BCUT2D eigenvalue weighted by Gasteiger charge is -2.08. The van der Waals surface area contributed by atoms with Crippen LogP contribution in [0.25, 0.3) is 0 Å². The van der Waals surface area contributed by atoms with Gasteiger partial charge in [0.1, 0.15) is 0 Å². The van der Waals surface area contributed by atoms with Crippen LogP contribution in [0.3, 0.4) is 0 Å². The molecule has 0 atom stereocenters. The van der Waals surface area contributed by atoms with E-state index in [9.17, 15) is 16.8 Å². The highest BCUT2D eigenvalue weighted by Crippen LogP contribution is 2.14. The molecule has 0 radical (unpaired) electrons. The highest BCUT2D eigenvalue weighted by Gasteiger charge is 2.22. The first kappa shape index (κ1) is 15.0. The zero-order valence-electron chi connectivity index (χ0n) is 10.3. The van der Waals surface area contributed by atoms with Gasteiger partial charge in [-0.25, -0.2) is 16.8 Å². The monoisotopic (exact) mass is 291 g/mol. The van der Waals surface area contributed by atoms with Gasteiger partial charge in [-0.1, -0.05) is 0 Å². The Kier molecular flexibility index (Phi) is 4.39. The standard InChI is InChI=1S/C11H17NO4S2/c1-9(2)17(13,14)7-8-18(15,16)11-5-3-10(12)4-6-11/h3-6,9H,7-8,12H2,1-2H3. The zero-order chi connectivity index (χ0) is 14.0. The van der Waals surface area contributed by atoms with Crippen molar-refractivity contribution in [1.29, 1.82) is 0 Å². The van der Waals surface area contributed by atoms with E-state index in [1.165, 1.54) is 38.1 Å². The Hall–Kier alpha value is -1.08. The van der Waals surface area contributed by atoms with Gasteiger partial charge in [0.15, 0.2) is 19.7 Å². The third-order valence-electron chi connectivity index (χ3n) is 2.59. The number of benzene rings is 1. The molecule has 18 heavy (non-hydrogen) atoms. The van der Waals surface area contributed by atoms with E-state index in [0.717, 1.165) is 0 Å². The van der Waals surface area contributed by atoms with Crippen molar-refractivity contribution >= 4 is 25.4 Å². The van der Waals surface area contributed by atoms with E-state index < -0.39 is 30.7 Å². The van der Waals surface area contributed by atoms with Gasteiger partial charge in [-0.05, 0) is 38.1 Å². The van der Waals surface area contributed by atoms with Crippen LogP contribution in [-0.2, 0) is 19.7 Å². The predicted molar refractivity (Wildman–Crippen MR) is 71.8 cm³/mol. The molecule has 1 aromatic carbocycles. The van der Waals surface area contributed by atoms with Gasteiger partial charge in [0.25, 0.3) is 0 Å². The van der Waals surface area contributed by atoms with Crippen LogP contribution in [0.1, 0.15) is 13.8 Å². The average molecular weight is 291 g/mol. The number of hydrogen-bond donors (Lipinski definition) is 1. The minimum absolute atomic E-state index is 0.0932. The molecular weight excluding hydrogens is 274 g/mol. The molecule has 0 amide bonds. The molecule has 0 aromatic heterocycles. The summed E-state index contributed by atoms with van der Waals surface area (Å²) in [5, 5.41) is -0.570. The second-order valence-corrected chi connectivity index (χ2v) is 9.09. The van der Waals surface area contributed by atoms with Crippen LogP contribution in [0.4, 0.5) is 5.69 Å². The van der Waals surface area contributed by atoms with Crippen molar-refractivity contribution in [3.63, 3.8) is 0 Å². The Morgan fingerprint density at radius 3 is 1.94 bits per heavy atom. The summed E-state index contributed by atoms with van der Waals surface area (Å²) in [4.78, 5) is 0.0932. The van der Waals surface area contributed by atoms with Crippen molar-refractivity contribution in [2.45, 2.75) is 24.0 Å². The number of rotatable bonds is 5. The molecule has 0 saturated carbocycles. The van der Waals surface area contributed by atoms with E-state index in [0.29, 0.717) is 5.69 Å². The SMILES string of the molecule is CC(C)S(=O)(=O)CCS(=O)(=O)c1ccc(N)cc1. The van der Waals surface area contributed by atoms with Crippen LogP contribution >= 0.6 is 0 Å². The molecule has 0 aliphatic rings. The quantitative estimate of drug-likeness (QED) is 0.812. The van der Waals surface area contributed by atoms with Gasteiger partial charge in [0.2, 0.25) is 0 Å². The fourth-order valence-corrected chi connectivity index (χ4v) is 4.32. The van der Waals surface area contributed by atoms with Crippen molar-refractivity contribution in [2.24, 2.45) is 0 Å². The van der Waals surface area contributed by atoms with Crippen LogP contribution in [0, 0.1) is 0 Å². The molecule has 0 aliphatic carbocycles. The van der Waals surface area contributed by atoms with E-state index in [1.807, 2.05) is 0 Å². The van der Waals surface area contributed by atoms with Gasteiger partial charge < -0.3 is 5.73 Å². The molecule has 0 unspecified atom stereocenters. The summed E-state index contributed by atoms with van der Waals surface area (Å²) < 4.78 is 47.0. The molecular formula is C11H17NO4S2. The first-order valence-corrected chi connectivity index (χ1v) is 8.82. The third kappa shape index (κ3) is 3.71. The Labute approximate surface area is 108 Å². The van der Waals surface area contributed by atoms with Crippen LogP contribution in [0.2, 0.25) is 0 Å². The van der Waals surface area contributed by atoms with Crippen molar-refractivity contribution in [3.05, 3.63) is 24.3 Å². The molecule has 7 heteroatoms. The molecule has 0 heterocycles. The molecule has 0 fully saturated rings. The Balaban J connectivity index is 2.87. The van der Waals surface area contributed by atoms with Crippen molar-refractivity contribution in [2.75, 3.05) is 17.2 Å². The minimum Gasteiger partial charge on any atom is -0.399 e. The normalized spacial score (nSPS) is 12.8. The molecule has 0 spiro atoms. The molecule has 0 bridgehead atoms. The maximum absolute atomic E-state index is 11.9. The Bertz CT molecular complexity index is 601. The summed E-state index contributed by atoms with van der Waals surface area (Å²) in [5.41, 5.74) is 5.92. The smallest absolute Gasteiger partial charge is 0.179 e. The van der Waals surface area contributed by atoms with E-state index in [1.54, 1.807) is 0 Å². The minimum atomic E-state index is -3.58. The topological polar surface area (TPSA) is 94.3 Å². The maximum atomic E-state index is 11.9. The van der Waals surface area contributed by atoms with Gasteiger partial charge in [-0.2, -0.15) is 0 Å². The number of anilines is 1. The van der Waals surface area contributed by atoms with Crippen molar-refractivity contribution in [3.8, 4) is 0 Å². The molecule has 5 nitrogen and oxygen atoms in total. The molecule has 102 valence electrons. The van der Waals surface area contributed by atoms with Crippen LogP contribution < -0.4 is 5.73 Å². The molecule has 2 N–H and O–H groups in total. The van der Waals surface area contributed by atoms with Crippen molar-refractivity contribution in [1.82, 2.24) is 0 Å². The first-order chi connectivity index (χ1) is 8.15. The first-order valence-electron chi connectivity index (χ1n) is 5.45. The maximum Gasteiger partial charge on any atom is 0.179 e. The lowest BCUT2D eigenvalue weighted by Crippen LogP contribution is -2.23. The lowest BCUT2D eigenvalue weighted by atomic mass is 10.3. The predicted octanol–water partition coefficient (Wildman–Crippen LogP) is 0.866. The fourth-order valence-electron chi connectivity index (χ4n) is 1.25. The van der Waals surface area contributed by atoms with E-state index >= 15 is 0 Å². The fraction of sp³-hybridized carbons (Fsp3) is 0.455. The van der Waals surface area contributed by atoms with E-state index in [4.69, 9.17) is 5.73 Å². The highest BCUT2D eigenvalue weighted by molar-refractivity contribution is 7.95. The second-order valence-electron chi connectivity index (χ2n) is 4.30. The molecule has 0 aliphatic heterocycles. The number of sulfone groups is 2. The van der Waals surface area contributed by atoms with E-state index in [-0.39, 0.29) is 10.6 Å². The lowest BCUT2D eigenvalue weighted by molar-refractivity contribution is 0.582. The third-order valence-corrected chi connectivity index (χ3v) is 6.79. The van der Waals surface area contributed by atoms with Gasteiger partial charge in [-0.3, -0.25) is 0 Å².